The Balaban J connectivity index is 1.41. The van der Waals surface area contributed by atoms with Gasteiger partial charge in [-0.1, -0.05) is 0 Å². The Kier molecular flexibility index (Phi) is 5.99. The van der Waals surface area contributed by atoms with E-state index in [1.165, 1.54) is 39.6 Å². The van der Waals surface area contributed by atoms with Gasteiger partial charge in [-0.2, -0.15) is 5.10 Å². The Morgan fingerprint density at radius 3 is 2.38 bits per heavy atom. The van der Waals surface area contributed by atoms with Gasteiger partial charge in [0.25, 0.3) is 5.56 Å². The van der Waals surface area contributed by atoms with Crippen LogP contribution in [0.5, 0.6) is 5.75 Å². The van der Waals surface area contributed by atoms with Crippen LogP contribution in [0, 0.1) is 0 Å². The van der Waals surface area contributed by atoms with Crippen molar-refractivity contribution < 1.29 is 14.3 Å². The number of aryl methyl sites for hydroxylation is 2. The number of imidazole rings is 1. The van der Waals surface area contributed by atoms with Gasteiger partial charge < -0.3 is 19.9 Å². The molecule has 0 aliphatic heterocycles. The van der Waals surface area contributed by atoms with Gasteiger partial charge in [0.1, 0.15) is 18.8 Å². The second-order valence-corrected chi connectivity index (χ2v) is 7.51. The summed E-state index contributed by atoms with van der Waals surface area (Å²) in [5.41, 5.74) is 0.1000. The molecule has 3 aromatic heterocycles. The molecule has 176 valence electrons. The number of benzene rings is 1. The largest absolute Gasteiger partial charge is 0.497 e. The molecule has 0 fully saturated rings. The third-order valence-corrected chi connectivity index (χ3v) is 5.10. The molecule has 0 aliphatic rings. The fraction of sp³-hybridized carbons (Fsp3) is 0.238. The molecule has 0 saturated heterocycles. The van der Waals surface area contributed by atoms with Gasteiger partial charge >= 0.3 is 5.69 Å². The van der Waals surface area contributed by atoms with Crippen molar-refractivity contribution in [3.63, 3.8) is 0 Å². The maximum absolute atomic E-state index is 12.7. The Labute approximate surface area is 192 Å². The lowest BCUT2D eigenvalue weighted by atomic mass is 10.3. The van der Waals surface area contributed by atoms with Gasteiger partial charge in [-0.3, -0.25) is 23.6 Å². The van der Waals surface area contributed by atoms with Gasteiger partial charge in [-0.05, 0) is 24.3 Å². The molecule has 3 heterocycles. The quantitative estimate of drug-likeness (QED) is 0.387. The standard InChI is InChI=1S/C21H22N8O5/c1-26-12-22-19-18(26)20(32)29(21(33)27(19)2)11-17(31)25-14-8-23-28(9-14)10-16(30)24-13-4-6-15(34-3)7-5-13/h4-9,12H,10-11H2,1-3H3,(H,24,30)(H,25,31). The second-order valence-electron chi connectivity index (χ2n) is 7.51. The molecule has 4 rings (SSSR count). The second kappa shape index (κ2) is 9.05. The third-order valence-electron chi connectivity index (χ3n) is 5.10. The molecular weight excluding hydrogens is 444 g/mol. The molecule has 2 amide bonds. The number of hydrogen-bond acceptors (Lipinski definition) is 7. The summed E-state index contributed by atoms with van der Waals surface area (Å²) in [4.78, 5) is 54.1. The van der Waals surface area contributed by atoms with Crippen LogP contribution in [0.2, 0.25) is 0 Å². The van der Waals surface area contributed by atoms with Crippen LogP contribution in [0.15, 0.2) is 52.6 Å². The van der Waals surface area contributed by atoms with Gasteiger partial charge in [-0.25, -0.2) is 14.3 Å². The summed E-state index contributed by atoms with van der Waals surface area (Å²) >= 11 is 0. The molecule has 4 aromatic rings. The van der Waals surface area contributed by atoms with Crippen molar-refractivity contribution in [1.82, 2.24) is 28.5 Å². The molecule has 13 heteroatoms. The minimum atomic E-state index is -0.655. The molecule has 0 atom stereocenters. The lowest BCUT2D eigenvalue weighted by Gasteiger charge is -2.08. The van der Waals surface area contributed by atoms with E-state index in [9.17, 15) is 19.2 Å². The smallest absolute Gasteiger partial charge is 0.332 e. The van der Waals surface area contributed by atoms with Gasteiger partial charge in [-0.15, -0.1) is 0 Å². The SMILES string of the molecule is COc1ccc(NC(=O)Cn2cc(NC(=O)Cn3c(=O)c4c(ncn4C)n(C)c3=O)cn2)cc1. The number of nitrogens with one attached hydrogen (secondary N) is 2. The van der Waals surface area contributed by atoms with Crippen LogP contribution in [0.4, 0.5) is 11.4 Å². The predicted molar refractivity (Wildman–Crippen MR) is 123 cm³/mol. The molecule has 2 N–H and O–H groups in total. The van der Waals surface area contributed by atoms with Crippen LogP contribution in [0.3, 0.4) is 0 Å². The number of ether oxygens (including phenoxy) is 1. The number of aromatic nitrogens is 6. The minimum Gasteiger partial charge on any atom is -0.497 e. The number of hydrogen-bond donors (Lipinski definition) is 2. The predicted octanol–water partition coefficient (Wildman–Crippen LogP) is -0.0838. The molecular formula is C21H22N8O5. The molecule has 1 aromatic carbocycles. The monoisotopic (exact) mass is 466 g/mol. The topological polar surface area (TPSA) is 147 Å². The highest BCUT2D eigenvalue weighted by atomic mass is 16.5. The van der Waals surface area contributed by atoms with Crippen molar-refractivity contribution in [3.8, 4) is 5.75 Å². The van der Waals surface area contributed by atoms with Gasteiger partial charge in [0, 0.05) is 26.0 Å². The van der Waals surface area contributed by atoms with Crippen LogP contribution < -0.4 is 26.6 Å². The lowest BCUT2D eigenvalue weighted by molar-refractivity contribution is -0.117. The number of carbonyl (C=O) groups is 2. The number of nitrogens with zero attached hydrogens (tertiary/aromatic N) is 6. The number of rotatable bonds is 7. The van der Waals surface area contributed by atoms with E-state index < -0.39 is 23.7 Å². The highest BCUT2D eigenvalue weighted by Gasteiger charge is 2.17. The molecule has 34 heavy (non-hydrogen) atoms. The first-order valence-corrected chi connectivity index (χ1v) is 10.1. The van der Waals surface area contributed by atoms with Crippen LogP contribution in [-0.4, -0.2) is 47.4 Å². The normalized spacial score (nSPS) is 10.9. The third kappa shape index (κ3) is 4.44. The van der Waals surface area contributed by atoms with Crippen molar-refractivity contribution in [3.05, 3.63) is 63.8 Å². The summed E-state index contributed by atoms with van der Waals surface area (Å²) in [5.74, 6) is -0.237. The van der Waals surface area contributed by atoms with E-state index >= 15 is 0 Å². The molecule has 0 saturated carbocycles. The number of carbonyl (C=O) groups excluding carboxylic acids is 2. The van der Waals surface area contributed by atoms with Crippen molar-refractivity contribution in [2.75, 3.05) is 17.7 Å². The van der Waals surface area contributed by atoms with E-state index in [-0.39, 0.29) is 23.6 Å². The first kappa shape index (κ1) is 22.5. The average Bonchev–Trinajstić information content (AvgIpc) is 3.41. The van der Waals surface area contributed by atoms with Crippen molar-refractivity contribution in [2.45, 2.75) is 13.1 Å². The highest BCUT2D eigenvalue weighted by molar-refractivity contribution is 5.91. The van der Waals surface area contributed by atoms with E-state index in [2.05, 4.69) is 20.7 Å². The zero-order valence-electron chi connectivity index (χ0n) is 18.7. The average molecular weight is 466 g/mol. The van der Waals surface area contributed by atoms with Crippen molar-refractivity contribution >= 4 is 34.4 Å². The molecule has 13 nitrogen and oxygen atoms in total. The zero-order valence-corrected chi connectivity index (χ0v) is 18.7. The first-order chi connectivity index (χ1) is 16.3. The molecule has 0 unspecified atom stereocenters. The molecule has 0 bridgehead atoms. The maximum Gasteiger partial charge on any atom is 0.332 e. The van der Waals surface area contributed by atoms with Crippen LogP contribution in [-0.2, 0) is 36.8 Å². The summed E-state index contributed by atoms with van der Waals surface area (Å²) in [6.07, 6.45) is 4.26. The fourth-order valence-electron chi connectivity index (χ4n) is 3.42. The number of fused-ring (bicyclic) bond motifs is 1. The lowest BCUT2D eigenvalue weighted by Crippen LogP contribution is -2.42. The van der Waals surface area contributed by atoms with Crippen LogP contribution >= 0.6 is 0 Å². The van der Waals surface area contributed by atoms with E-state index in [1.54, 1.807) is 38.4 Å². The summed E-state index contributed by atoms with van der Waals surface area (Å²) in [7, 11) is 4.66. The summed E-state index contributed by atoms with van der Waals surface area (Å²) in [5, 5.41) is 9.37. The number of anilines is 2. The van der Waals surface area contributed by atoms with Crippen molar-refractivity contribution in [2.24, 2.45) is 14.1 Å². The number of methoxy groups -OCH3 is 1. The first-order valence-electron chi connectivity index (χ1n) is 10.1. The maximum atomic E-state index is 12.7. The Bertz CT molecular complexity index is 1490. The molecule has 0 aliphatic carbocycles. The highest BCUT2D eigenvalue weighted by Crippen LogP contribution is 2.15. The Morgan fingerprint density at radius 2 is 1.68 bits per heavy atom. The van der Waals surface area contributed by atoms with Crippen LogP contribution in [0.1, 0.15) is 0 Å². The van der Waals surface area contributed by atoms with E-state index in [0.29, 0.717) is 17.1 Å². The van der Waals surface area contributed by atoms with Gasteiger partial charge in [0.05, 0.1) is 25.3 Å². The summed E-state index contributed by atoms with van der Waals surface area (Å²) in [6.45, 7) is -0.575. The van der Waals surface area contributed by atoms with E-state index in [1.807, 2.05) is 0 Å². The Morgan fingerprint density at radius 1 is 1.00 bits per heavy atom. The van der Waals surface area contributed by atoms with E-state index in [4.69, 9.17) is 4.74 Å². The van der Waals surface area contributed by atoms with Gasteiger partial charge in [0.15, 0.2) is 11.2 Å². The number of amides is 2. The summed E-state index contributed by atoms with van der Waals surface area (Å²) < 4.78 is 9.97. The summed E-state index contributed by atoms with van der Waals surface area (Å²) in [6, 6.07) is 6.87. The van der Waals surface area contributed by atoms with Crippen molar-refractivity contribution in [1.29, 1.82) is 0 Å². The fourth-order valence-corrected chi connectivity index (χ4v) is 3.42. The molecule has 0 spiro atoms. The minimum absolute atomic E-state index is 0.0843. The van der Waals surface area contributed by atoms with Crippen LogP contribution in [0.25, 0.3) is 11.2 Å². The Hall–Kier alpha value is -4.68. The zero-order chi connectivity index (χ0) is 24.4. The molecule has 0 radical (unpaired) electrons. The van der Waals surface area contributed by atoms with E-state index in [0.717, 1.165) is 4.57 Å². The van der Waals surface area contributed by atoms with Gasteiger partial charge in [0.2, 0.25) is 11.8 Å².